The molecule has 0 unspecified atom stereocenters. The van der Waals surface area contributed by atoms with Gasteiger partial charge >= 0.3 is 6.03 Å². The minimum Gasteiger partial charge on any atom is -0.496 e. The molecule has 0 aliphatic carbocycles. The summed E-state index contributed by atoms with van der Waals surface area (Å²) in [5, 5.41) is 2.62. The molecule has 27 heavy (non-hydrogen) atoms. The Balaban J connectivity index is 2.05. The maximum atomic E-state index is 12.9. The standard InChI is InChI=1S/C19H14ClIN2O4/c1-10-13(20)4-3-5-15(10)23-18(25)12(17(24)22-19(23)26)8-11-6-7-16(27-2)14(21)9-11/h3-9H,1-2H3,(H,22,24,26)/b12-8+. The molecule has 8 heteroatoms. The molecule has 0 aromatic heterocycles. The van der Waals surface area contributed by atoms with Crippen molar-refractivity contribution in [3.05, 3.63) is 61.7 Å². The molecule has 1 heterocycles. The molecular weight excluding hydrogens is 483 g/mol. The van der Waals surface area contributed by atoms with Crippen LogP contribution in [0.4, 0.5) is 10.5 Å². The number of halogens is 2. The highest BCUT2D eigenvalue weighted by Gasteiger charge is 2.37. The van der Waals surface area contributed by atoms with Gasteiger partial charge in [-0.15, -0.1) is 0 Å². The molecule has 0 atom stereocenters. The molecule has 0 bridgehead atoms. The molecule has 138 valence electrons. The van der Waals surface area contributed by atoms with E-state index in [1.165, 1.54) is 6.08 Å². The Bertz CT molecular complexity index is 1000. The van der Waals surface area contributed by atoms with Crippen molar-refractivity contribution in [1.82, 2.24) is 5.32 Å². The fourth-order valence-corrected chi connectivity index (χ4v) is 3.58. The lowest BCUT2D eigenvalue weighted by Crippen LogP contribution is -2.54. The molecule has 6 nitrogen and oxygen atoms in total. The molecule has 0 saturated carbocycles. The molecule has 2 aromatic carbocycles. The number of urea groups is 1. The number of carbonyl (C=O) groups excluding carboxylic acids is 3. The topological polar surface area (TPSA) is 75.7 Å². The minimum atomic E-state index is -0.808. The lowest BCUT2D eigenvalue weighted by atomic mass is 10.1. The Labute approximate surface area is 174 Å². The van der Waals surface area contributed by atoms with E-state index in [9.17, 15) is 14.4 Å². The zero-order chi connectivity index (χ0) is 19.7. The van der Waals surface area contributed by atoms with Gasteiger partial charge in [-0.05, 0) is 71.0 Å². The summed E-state index contributed by atoms with van der Waals surface area (Å²) in [6, 6.07) is 9.33. The van der Waals surface area contributed by atoms with Crippen molar-refractivity contribution >= 4 is 63.8 Å². The van der Waals surface area contributed by atoms with E-state index in [4.69, 9.17) is 16.3 Å². The monoisotopic (exact) mass is 496 g/mol. The largest absolute Gasteiger partial charge is 0.496 e. The zero-order valence-electron chi connectivity index (χ0n) is 14.4. The van der Waals surface area contributed by atoms with Gasteiger partial charge in [-0.2, -0.15) is 0 Å². The number of anilines is 1. The van der Waals surface area contributed by atoms with Crippen LogP contribution in [0.3, 0.4) is 0 Å². The first kappa shape index (κ1) is 19.4. The molecule has 1 saturated heterocycles. The number of methoxy groups -OCH3 is 1. The molecule has 0 radical (unpaired) electrons. The van der Waals surface area contributed by atoms with Crippen molar-refractivity contribution in [3.8, 4) is 5.75 Å². The number of imide groups is 2. The molecule has 1 aliphatic heterocycles. The predicted octanol–water partition coefficient (Wildman–Crippen LogP) is 3.93. The number of benzene rings is 2. The zero-order valence-corrected chi connectivity index (χ0v) is 17.3. The Kier molecular flexibility index (Phi) is 5.52. The van der Waals surface area contributed by atoms with E-state index in [2.05, 4.69) is 27.9 Å². The first-order chi connectivity index (χ1) is 12.8. The van der Waals surface area contributed by atoms with Gasteiger partial charge < -0.3 is 4.74 Å². The number of rotatable bonds is 3. The van der Waals surface area contributed by atoms with E-state index in [1.54, 1.807) is 50.4 Å². The van der Waals surface area contributed by atoms with Crippen molar-refractivity contribution in [2.24, 2.45) is 0 Å². The number of amides is 4. The van der Waals surface area contributed by atoms with Crippen LogP contribution in [0.5, 0.6) is 5.75 Å². The summed E-state index contributed by atoms with van der Waals surface area (Å²) < 4.78 is 6.03. The summed E-state index contributed by atoms with van der Waals surface area (Å²) >= 11 is 8.20. The number of nitrogens with one attached hydrogen (secondary N) is 1. The average molecular weight is 497 g/mol. The molecule has 1 fully saturated rings. The lowest BCUT2D eigenvalue weighted by molar-refractivity contribution is -0.122. The smallest absolute Gasteiger partial charge is 0.335 e. The van der Waals surface area contributed by atoms with Crippen molar-refractivity contribution < 1.29 is 19.1 Å². The van der Waals surface area contributed by atoms with Crippen LogP contribution in [0.15, 0.2) is 42.0 Å². The summed E-state index contributed by atoms with van der Waals surface area (Å²) in [6.07, 6.45) is 1.44. The maximum absolute atomic E-state index is 12.9. The van der Waals surface area contributed by atoms with Crippen LogP contribution >= 0.6 is 34.2 Å². The second-order valence-corrected chi connectivity index (χ2v) is 7.31. The number of carbonyl (C=O) groups is 3. The van der Waals surface area contributed by atoms with Gasteiger partial charge in [0.15, 0.2) is 0 Å². The van der Waals surface area contributed by atoms with Gasteiger partial charge in [0.05, 0.1) is 16.4 Å². The molecule has 2 aromatic rings. The quantitative estimate of drug-likeness (QED) is 0.397. The summed E-state index contributed by atoms with van der Waals surface area (Å²) in [5.74, 6) is -0.768. The third-order valence-electron chi connectivity index (χ3n) is 4.07. The summed E-state index contributed by atoms with van der Waals surface area (Å²) in [5.41, 5.74) is 1.38. The van der Waals surface area contributed by atoms with Crippen LogP contribution in [0, 0.1) is 10.5 Å². The number of hydrogen-bond donors (Lipinski definition) is 1. The Morgan fingerprint density at radius 1 is 1.19 bits per heavy atom. The molecule has 4 amide bonds. The van der Waals surface area contributed by atoms with Gasteiger partial charge in [0.2, 0.25) is 0 Å². The van der Waals surface area contributed by atoms with Crippen LogP contribution in [0.2, 0.25) is 5.02 Å². The van der Waals surface area contributed by atoms with Gasteiger partial charge in [-0.3, -0.25) is 14.9 Å². The van der Waals surface area contributed by atoms with E-state index in [1.807, 2.05) is 0 Å². The summed E-state index contributed by atoms with van der Waals surface area (Å²) in [7, 11) is 1.56. The molecule has 3 rings (SSSR count). The summed E-state index contributed by atoms with van der Waals surface area (Å²) in [4.78, 5) is 38.4. The van der Waals surface area contributed by atoms with Crippen molar-refractivity contribution in [3.63, 3.8) is 0 Å². The first-order valence-electron chi connectivity index (χ1n) is 7.83. The number of nitrogens with zero attached hydrogens (tertiary/aromatic N) is 1. The molecular formula is C19H14ClIN2O4. The van der Waals surface area contributed by atoms with Gasteiger partial charge in [0.1, 0.15) is 11.3 Å². The maximum Gasteiger partial charge on any atom is 0.335 e. The highest BCUT2D eigenvalue weighted by atomic mass is 127. The lowest BCUT2D eigenvalue weighted by Gasteiger charge is -2.27. The first-order valence-corrected chi connectivity index (χ1v) is 9.29. The van der Waals surface area contributed by atoms with Gasteiger partial charge in [-0.25, -0.2) is 9.69 Å². The van der Waals surface area contributed by atoms with Crippen molar-refractivity contribution in [2.75, 3.05) is 12.0 Å². The van der Waals surface area contributed by atoms with Gasteiger partial charge in [-0.1, -0.05) is 23.7 Å². The Morgan fingerprint density at radius 3 is 2.59 bits per heavy atom. The predicted molar refractivity (Wildman–Crippen MR) is 111 cm³/mol. The van der Waals surface area contributed by atoms with Crippen molar-refractivity contribution in [2.45, 2.75) is 6.92 Å². The number of ether oxygens (including phenoxy) is 1. The third kappa shape index (κ3) is 3.70. The Hall–Kier alpha value is -2.39. The fraction of sp³-hybridized carbons (Fsp3) is 0.105. The number of hydrogen-bond acceptors (Lipinski definition) is 4. The van der Waals surface area contributed by atoms with Crippen molar-refractivity contribution in [1.29, 1.82) is 0 Å². The van der Waals surface area contributed by atoms with Crippen LogP contribution in [0.25, 0.3) is 6.08 Å². The van der Waals surface area contributed by atoms with E-state index in [-0.39, 0.29) is 5.57 Å². The van der Waals surface area contributed by atoms with Crippen LogP contribution in [0.1, 0.15) is 11.1 Å². The second-order valence-electron chi connectivity index (χ2n) is 5.74. The highest BCUT2D eigenvalue weighted by Crippen LogP contribution is 2.30. The van der Waals surface area contributed by atoms with Crippen LogP contribution in [-0.4, -0.2) is 25.0 Å². The highest BCUT2D eigenvalue weighted by molar-refractivity contribution is 14.1. The van der Waals surface area contributed by atoms with Gasteiger partial charge in [0, 0.05) is 5.02 Å². The van der Waals surface area contributed by atoms with Gasteiger partial charge in [0.25, 0.3) is 11.8 Å². The fourth-order valence-electron chi connectivity index (χ4n) is 2.65. The third-order valence-corrected chi connectivity index (χ3v) is 5.32. The number of barbiturate groups is 1. The molecule has 1 aliphatic rings. The van der Waals surface area contributed by atoms with Crippen LogP contribution < -0.4 is 15.0 Å². The Morgan fingerprint density at radius 2 is 1.93 bits per heavy atom. The van der Waals surface area contributed by atoms with E-state index in [0.717, 1.165) is 8.47 Å². The SMILES string of the molecule is COc1ccc(/C=C2\C(=O)NC(=O)N(c3cccc(Cl)c3C)C2=O)cc1I. The summed E-state index contributed by atoms with van der Waals surface area (Å²) in [6.45, 7) is 1.70. The minimum absolute atomic E-state index is 0.144. The molecule has 1 N–H and O–H groups in total. The average Bonchev–Trinajstić information content (AvgIpc) is 2.62. The van der Waals surface area contributed by atoms with E-state index >= 15 is 0 Å². The van der Waals surface area contributed by atoms with Crippen LogP contribution in [-0.2, 0) is 9.59 Å². The molecule has 0 spiro atoms. The normalized spacial score (nSPS) is 15.9. The van der Waals surface area contributed by atoms with E-state index < -0.39 is 17.8 Å². The second kappa shape index (κ2) is 7.69. The van der Waals surface area contributed by atoms with E-state index in [0.29, 0.717) is 27.6 Å².